The van der Waals surface area contributed by atoms with Crippen LogP contribution in [0, 0.1) is 0 Å². The van der Waals surface area contributed by atoms with Gasteiger partial charge in [-0.3, -0.25) is 4.79 Å². The highest BCUT2D eigenvalue weighted by atomic mass is 19.4. The van der Waals surface area contributed by atoms with Crippen molar-refractivity contribution >= 4 is 11.9 Å². The lowest BCUT2D eigenvalue weighted by molar-refractivity contribution is -0.146. The molecule has 0 spiro atoms. The Labute approximate surface area is 88.4 Å². The van der Waals surface area contributed by atoms with Crippen molar-refractivity contribution in [3.8, 4) is 0 Å². The molecule has 0 aromatic heterocycles. The van der Waals surface area contributed by atoms with E-state index in [9.17, 15) is 22.8 Å². The second-order valence-corrected chi connectivity index (χ2v) is 2.88. The lowest BCUT2D eigenvalue weighted by atomic mass is 10.3. The van der Waals surface area contributed by atoms with Gasteiger partial charge in [-0.25, -0.2) is 4.79 Å². The molecule has 1 unspecified atom stereocenters. The number of hydrogen-bond acceptors (Lipinski definition) is 4. The molecule has 1 atom stereocenters. The van der Waals surface area contributed by atoms with Crippen LogP contribution in [0.15, 0.2) is 0 Å². The van der Waals surface area contributed by atoms with Gasteiger partial charge in [0.2, 0.25) is 5.91 Å². The van der Waals surface area contributed by atoms with E-state index in [2.05, 4.69) is 0 Å². The minimum absolute atomic E-state index is 0.554. The van der Waals surface area contributed by atoms with Crippen LogP contribution in [-0.4, -0.2) is 54.0 Å². The Morgan fingerprint density at radius 1 is 1.31 bits per heavy atom. The molecule has 0 saturated carbocycles. The highest BCUT2D eigenvalue weighted by Gasteiger charge is 2.26. The van der Waals surface area contributed by atoms with Crippen LogP contribution in [0.25, 0.3) is 0 Å². The summed E-state index contributed by atoms with van der Waals surface area (Å²) in [5, 5.41) is 20.7. The first-order valence-electron chi connectivity index (χ1n) is 4.17. The summed E-state index contributed by atoms with van der Waals surface area (Å²) in [6.45, 7) is -2.48. The number of nitrogens with one attached hydrogen (secondary N) is 2. The molecule has 0 heterocycles. The van der Waals surface area contributed by atoms with Gasteiger partial charge in [-0.1, -0.05) is 0 Å². The Balaban J connectivity index is 3.64. The number of halogens is 3. The van der Waals surface area contributed by atoms with Crippen LogP contribution in [0.1, 0.15) is 0 Å². The number of aliphatic carboxylic acids is 1. The largest absolute Gasteiger partial charge is 0.479 e. The van der Waals surface area contributed by atoms with Gasteiger partial charge in [-0.15, -0.1) is 0 Å². The first kappa shape index (κ1) is 14.6. The van der Waals surface area contributed by atoms with Crippen molar-refractivity contribution in [2.24, 2.45) is 0 Å². The quantitative estimate of drug-likeness (QED) is 0.465. The van der Waals surface area contributed by atoms with Crippen LogP contribution in [0.3, 0.4) is 0 Å². The zero-order chi connectivity index (χ0) is 12.8. The van der Waals surface area contributed by atoms with Crippen LogP contribution in [0.5, 0.6) is 0 Å². The molecule has 0 saturated heterocycles. The molecule has 0 radical (unpaired) electrons. The molecule has 16 heavy (non-hydrogen) atoms. The Morgan fingerprint density at radius 3 is 2.31 bits per heavy atom. The lowest BCUT2D eigenvalue weighted by Gasteiger charge is -2.09. The molecule has 0 bridgehead atoms. The fraction of sp³-hybridized carbons (Fsp3) is 0.714. The number of carboxylic acid groups (broad SMARTS) is 1. The average molecular weight is 244 g/mol. The molecule has 4 N–H and O–H groups in total. The summed E-state index contributed by atoms with van der Waals surface area (Å²) in [7, 11) is 0. The van der Waals surface area contributed by atoms with E-state index < -0.39 is 43.8 Å². The predicted molar refractivity (Wildman–Crippen MR) is 45.6 cm³/mol. The summed E-state index contributed by atoms with van der Waals surface area (Å²) in [5.74, 6) is -2.35. The predicted octanol–water partition coefficient (Wildman–Crippen LogP) is -1.30. The fourth-order valence-corrected chi connectivity index (χ4v) is 0.678. The van der Waals surface area contributed by atoms with Crippen LogP contribution in [0.2, 0.25) is 0 Å². The molecule has 0 aliphatic heterocycles. The van der Waals surface area contributed by atoms with Crippen molar-refractivity contribution in [1.29, 1.82) is 0 Å². The Hall–Kier alpha value is -1.35. The van der Waals surface area contributed by atoms with Gasteiger partial charge in [0.25, 0.3) is 0 Å². The zero-order valence-corrected chi connectivity index (χ0v) is 8.04. The lowest BCUT2D eigenvalue weighted by Crippen LogP contribution is -2.42. The number of aliphatic hydroxyl groups excluding tert-OH is 1. The number of carbonyl (C=O) groups is 2. The molecule has 0 rings (SSSR count). The van der Waals surface area contributed by atoms with E-state index >= 15 is 0 Å². The van der Waals surface area contributed by atoms with Crippen molar-refractivity contribution in [2.45, 2.75) is 12.3 Å². The molecule has 1 amide bonds. The summed E-state index contributed by atoms with van der Waals surface area (Å²) in [6.07, 6.45) is -6.19. The average Bonchev–Trinajstić information content (AvgIpc) is 2.11. The van der Waals surface area contributed by atoms with Gasteiger partial charge in [-0.05, 0) is 0 Å². The maximum absolute atomic E-state index is 11.6. The van der Waals surface area contributed by atoms with Gasteiger partial charge in [0.15, 0.2) is 6.10 Å². The molecule has 0 aromatic rings. The maximum atomic E-state index is 11.6. The van der Waals surface area contributed by atoms with Crippen molar-refractivity contribution < 1.29 is 33.0 Å². The SMILES string of the molecule is O=C(CNCC(F)(F)F)NCC(O)C(=O)O. The number of hydrogen-bond donors (Lipinski definition) is 4. The summed E-state index contributed by atoms with van der Waals surface area (Å²) in [5.41, 5.74) is 0. The van der Waals surface area contributed by atoms with Crippen LogP contribution >= 0.6 is 0 Å². The molecular formula is C7H11F3N2O4. The van der Waals surface area contributed by atoms with Gasteiger partial charge in [0.1, 0.15) is 0 Å². The van der Waals surface area contributed by atoms with Gasteiger partial charge in [0.05, 0.1) is 19.6 Å². The van der Waals surface area contributed by atoms with E-state index in [0.29, 0.717) is 0 Å². The maximum Gasteiger partial charge on any atom is 0.401 e. The molecule has 0 aliphatic rings. The van der Waals surface area contributed by atoms with Crippen molar-refractivity contribution in [2.75, 3.05) is 19.6 Å². The highest BCUT2D eigenvalue weighted by molar-refractivity contribution is 5.79. The summed E-state index contributed by atoms with van der Waals surface area (Å²) in [4.78, 5) is 20.9. The fourth-order valence-electron chi connectivity index (χ4n) is 0.678. The van der Waals surface area contributed by atoms with Gasteiger partial charge in [-0.2, -0.15) is 13.2 Å². The number of amides is 1. The molecular weight excluding hydrogens is 233 g/mol. The summed E-state index contributed by atoms with van der Waals surface area (Å²) >= 11 is 0. The second kappa shape index (κ2) is 6.28. The minimum atomic E-state index is -4.42. The number of rotatable bonds is 6. The van der Waals surface area contributed by atoms with Crippen LogP contribution in [-0.2, 0) is 9.59 Å². The number of carboxylic acids is 1. The van der Waals surface area contributed by atoms with Crippen LogP contribution < -0.4 is 10.6 Å². The Bertz CT molecular complexity index is 257. The normalized spacial score (nSPS) is 13.2. The van der Waals surface area contributed by atoms with E-state index in [-0.39, 0.29) is 0 Å². The van der Waals surface area contributed by atoms with Gasteiger partial charge < -0.3 is 20.8 Å². The smallest absolute Gasteiger partial charge is 0.401 e. The summed E-state index contributed by atoms with van der Waals surface area (Å²) in [6, 6.07) is 0. The summed E-state index contributed by atoms with van der Waals surface area (Å²) < 4.78 is 34.8. The molecule has 0 aliphatic carbocycles. The molecule has 94 valence electrons. The molecule has 0 aromatic carbocycles. The first-order valence-corrected chi connectivity index (χ1v) is 4.17. The standard InChI is InChI=1S/C7H11F3N2O4/c8-7(9,10)3-11-2-5(14)12-1-4(13)6(15)16/h4,11,13H,1-3H2,(H,12,14)(H,15,16). The third-order valence-corrected chi connectivity index (χ3v) is 1.39. The Morgan fingerprint density at radius 2 is 1.88 bits per heavy atom. The van der Waals surface area contributed by atoms with Gasteiger partial charge in [0, 0.05) is 0 Å². The molecule has 0 fully saturated rings. The Kier molecular flexibility index (Phi) is 5.75. The minimum Gasteiger partial charge on any atom is -0.479 e. The number of alkyl halides is 3. The molecule has 6 nitrogen and oxygen atoms in total. The third-order valence-electron chi connectivity index (χ3n) is 1.39. The second-order valence-electron chi connectivity index (χ2n) is 2.88. The third kappa shape index (κ3) is 8.00. The van der Waals surface area contributed by atoms with E-state index in [1.54, 1.807) is 0 Å². The van der Waals surface area contributed by atoms with Crippen molar-refractivity contribution in [1.82, 2.24) is 10.6 Å². The van der Waals surface area contributed by atoms with Crippen molar-refractivity contribution in [3.63, 3.8) is 0 Å². The zero-order valence-electron chi connectivity index (χ0n) is 8.04. The van der Waals surface area contributed by atoms with Crippen molar-refractivity contribution in [3.05, 3.63) is 0 Å². The first-order chi connectivity index (χ1) is 7.22. The van der Waals surface area contributed by atoms with E-state index in [1.165, 1.54) is 0 Å². The van der Waals surface area contributed by atoms with Gasteiger partial charge >= 0.3 is 12.1 Å². The monoisotopic (exact) mass is 244 g/mol. The van der Waals surface area contributed by atoms with E-state index in [4.69, 9.17) is 10.2 Å². The van der Waals surface area contributed by atoms with E-state index in [1.807, 2.05) is 10.6 Å². The van der Waals surface area contributed by atoms with Crippen LogP contribution in [0.4, 0.5) is 13.2 Å². The number of aliphatic hydroxyl groups is 1. The van der Waals surface area contributed by atoms with E-state index in [0.717, 1.165) is 0 Å². The molecule has 9 heteroatoms. The topological polar surface area (TPSA) is 98.7 Å². The number of carbonyl (C=O) groups excluding carboxylic acids is 1. The highest BCUT2D eigenvalue weighted by Crippen LogP contribution is 2.11.